The number of hydrogen-bond acceptors (Lipinski definition) is 4. The van der Waals surface area contributed by atoms with E-state index in [0.717, 1.165) is 38.4 Å². The van der Waals surface area contributed by atoms with Crippen molar-refractivity contribution in [3.63, 3.8) is 0 Å². The summed E-state index contributed by atoms with van der Waals surface area (Å²) in [5.74, 6) is 0. The monoisotopic (exact) mass is 327 g/mol. The highest BCUT2D eigenvalue weighted by Gasteiger charge is 2.25. The Morgan fingerprint density at radius 1 is 1.21 bits per heavy atom. The summed E-state index contributed by atoms with van der Waals surface area (Å²) >= 11 is 0. The summed E-state index contributed by atoms with van der Waals surface area (Å²) in [6, 6.07) is 6.84. The van der Waals surface area contributed by atoms with Gasteiger partial charge in [0.1, 0.15) is 0 Å². The Balaban J connectivity index is 1.72. The predicted molar refractivity (Wildman–Crippen MR) is 96.5 cm³/mol. The van der Waals surface area contributed by atoms with E-state index in [-0.39, 0.29) is 0 Å². The molecule has 0 aliphatic carbocycles. The molecular formula is C19H29N5. The molecule has 2 aromatic rings. The molecule has 5 heteroatoms. The van der Waals surface area contributed by atoms with Gasteiger partial charge in [0.25, 0.3) is 0 Å². The summed E-state index contributed by atoms with van der Waals surface area (Å²) in [5.41, 5.74) is 2.43. The highest BCUT2D eigenvalue weighted by atomic mass is 15.2. The molecule has 1 aliphatic rings. The minimum atomic E-state index is 0.664. The van der Waals surface area contributed by atoms with Gasteiger partial charge in [-0.05, 0) is 45.0 Å². The summed E-state index contributed by atoms with van der Waals surface area (Å²) in [5, 5.41) is 0. The third kappa shape index (κ3) is 4.22. The number of imidazole rings is 1. The molecule has 0 aromatic carbocycles. The van der Waals surface area contributed by atoms with Crippen LogP contribution >= 0.6 is 0 Å². The molecule has 24 heavy (non-hydrogen) atoms. The van der Waals surface area contributed by atoms with E-state index in [9.17, 15) is 0 Å². The van der Waals surface area contributed by atoms with Crippen molar-refractivity contribution in [2.75, 3.05) is 19.6 Å². The van der Waals surface area contributed by atoms with Gasteiger partial charge in [0.2, 0.25) is 0 Å². The first-order valence-electron chi connectivity index (χ1n) is 9.15. The Bertz CT molecular complexity index is 609. The van der Waals surface area contributed by atoms with Gasteiger partial charge in [-0.25, -0.2) is 4.98 Å². The number of aryl methyl sites for hydroxylation is 1. The van der Waals surface area contributed by atoms with E-state index < -0.39 is 0 Å². The normalized spacial score (nSPS) is 18.5. The molecule has 1 atom stereocenters. The third-order valence-corrected chi connectivity index (χ3v) is 5.01. The molecule has 0 radical (unpaired) electrons. The molecule has 3 heterocycles. The van der Waals surface area contributed by atoms with Crippen molar-refractivity contribution in [1.82, 2.24) is 24.3 Å². The molecule has 0 bridgehead atoms. The van der Waals surface area contributed by atoms with Crippen LogP contribution in [-0.2, 0) is 19.6 Å². The fourth-order valence-electron chi connectivity index (χ4n) is 3.72. The van der Waals surface area contributed by atoms with Crippen LogP contribution < -0.4 is 0 Å². The van der Waals surface area contributed by atoms with Crippen LogP contribution in [0.3, 0.4) is 0 Å². The van der Waals surface area contributed by atoms with Crippen LogP contribution in [0.4, 0.5) is 0 Å². The van der Waals surface area contributed by atoms with E-state index in [0.29, 0.717) is 6.04 Å². The van der Waals surface area contributed by atoms with Crippen LogP contribution in [0.1, 0.15) is 38.1 Å². The zero-order valence-corrected chi connectivity index (χ0v) is 14.9. The average Bonchev–Trinajstić information content (AvgIpc) is 3.24. The van der Waals surface area contributed by atoms with Crippen molar-refractivity contribution in [3.05, 3.63) is 48.3 Å². The fraction of sp³-hybridized carbons (Fsp3) is 0.579. The lowest BCUT2D eigenvalue weighted by atomic mass is 10.2. The summed E-state index contributed by atoms with van der Waals surface area (Å²) in [4.78, 5) is 14.0. The van der Waals surface area contributed by atoms with E-state index in [2.05, 4.69) is 50.3 Å². The van der Waals surface area contributed by atoms with E-state index >= 15 is 0 Å². The number of rotatable bonds is 8. The SMILES string of the molecule is CCN1CCC[C@H]1CN(Cc1ccccn1)Cc1cncn1CC. The molecule has 3 rings (SSSR count). The second-order valence-electron chi connectivity index (χ2n) is 6.59. The lowest BCUT2D eigenvalue weighted by Crippen LogP contribution is -2.40. The quantitative estimate of drug-likeness (QED) is 0.747. The van der Waals surface area contributed by atoms with Crippen LogP contribution in [0.2, 0.25) is 0 Å². The van der Waals surface area contributed by atoms with Crippen molar-refractivity contribution in [2.24, 2.45) is 0 Å². The molecule has 0 amide bonds. The summed E-state index contributed by atoms with van der Waals surface area (Å²) in [7, 11) is 0. The Kier molecular flexibility index (Phi) is 5.99. The maximum absolute atomic E-state index is 4.53. The zero-order valence-electron chi connectivity index (χ0n) is 14.9. The molecule has 0 N–H and O–H groups in total. The Morgan fingerprint density at radius 3 is 2.88 bits per heavy atom. The van der Waals surface area contributed by atoms with Crippen molar-refractivity contribution >= 4 is 0 Å². The molecule has 130 valence electrons. The Morgan fingerprint density at radius 2 is 2.12 bits per heavy atom. The maximum atomic E-state index is 4.53. The van der Waals surface area contributed by atoms with Gasteiger partial charge < -0.3 is 4.57 Å². The molecule has 0 unspecified atom stereocenters. The first-order chi connectivity index (χ1) is 11.8. The van der Waals surface area contributed by atoms with Gasteiger partial charge in [-0.1, -0.05) is 13.0 Å². The van der Waals surface area contributed by atoms with Gasteiger partial charge >= 0.3 is 0 Å². The number of pyridine rings is 1. The minimum absolute atomic E-state index is 0.664. The maximum Gasteiger partial charge on any atom is 0.0948 e. The average molecular weight is 327 g/mol. The van der Waals surface area contributed by atoms with Crippen LogP contribution in [0, 0.1) is 0 Å². The summed E-state index contributed by atoms with van der Waals surface area (Å²) < 4.78 is 2.23. The van der Waals surface area contributed by atoms with E-state index in [1.54, 1.807) is 0 Å². The molecule has 1 fully saturated rings. The molecule has 1 saturated heterocycles. The second kappa shape index (κ2) is 8.40. The number of hydrogen-bond donors (Lipinski definition) is 0. The van der Waals surface area contributed by atoms with Gasteiger partial charge in [-0.15, -0.1) is 0 Å². The molecule has 1 aliphatic heterocycles. The van der Waals surface area contributed by atoms with Crippen LogP contribution in [0.25, 0.3) is 0 Å². The van der Waals surface area contributed by atoms with Crippen molar-refractivity contribution in [2.45, 2.75) is 52.4 Å². The summed E-state index contributed by atoms with van der Waals surface area (Å²) in [6.45, 7) is 10.7. The Labute approximate surface area is 145 Å². The molecule has 0 spiro atoms. The van der Waals surface area contributed by atoms with Crippen LogP contribution in [0.15, 0.2) is 36.9 Å². The van der Waals surface area contributed by atoms with Crippen molar-refractivity contribution in [3.8, 4) is 0 Å². The minimum Gasteiger partial charge on any atom is -0.334 e. The highest BCUT2D eigenvalue weighted by molar-refractivity contribution is 5.05. The largest absolute Gasteiger partial charge is 0.334 e. The summed E-state index contributed by atoms with van der Waals surface area (Å²) in [6.07, 6.45) is 8.45. The van der Waals surface area contributed by atoms with Gasteiger partial charge in [-0.2, -0.15) is 0 Å². The van der Waals surface area contributed by atoms with Crippen LogP contribution in [0.5, 0.6) is 0 Å². The molecule has 2 aromatic heterocycles. The molecular weight excluding hydrogens is 298 g/mol. The lowest BCUT2D eigenvalue weighted by Gasteiger charge is -2.30. The van der Waals surface area contributed by atoms with Crippen molar-refractivity contribution in [1.29, 1.82) is 0 Å². The van der Waals surface area contributed by atoms with E-state index in [4.69, 9.17) is 0 Å². The second-order valence-corrected chi connectivity index (χ2v) is 6.59. The number of likely N-dealkylation sites (N-methyl/N-ethyl adjacent to an activating group) is 1. The van der Waals surface area contributed by atoms with Gasteiger partial charge in [0.05, 0.1) is 17.7 Å². The lowest BCUT2D eigenvalue weighted by molar-refractivity contribution is 0.162. The van der Waals surface area contributed by atoms with Crippen molar-refractivity contribution < 1.29 is 0 Å². The van der Waals surface area contributed by atoms with E-state index in [1.165, 1.54) is 25.1 Å². The molecule has 5 nitrogen and oxygen atoms in total. The van der Waals surface area contributed by atoms with Gasteiger partial charge in [0.15, 0.2) is 0 Å². The predicted octanol–water partition coefficient (Wildman–Crippen LogP) is 2.78. The first-order valence-corrected chi connectivity index (χ1v) is 9.15. The number of likely N-dealkylation sites (tertiary alicyclic amines) is 1. The van der Waals surface area contributed by atoms with Crippen LogP contribution in [-0.4, -0.2) is 50.0 Å². The first kappa shape index (κ1) is 17.1. The van der Waals surface area contributed by atoms with Gasteiger partial charge in [-0.3, -0.25) is 14.8 Å². The zero-order chi connectivity index (χ0) is 16.8. The number of aromatic nitrogens is 3. The standard InChI is InChI=1S/C19H29N5/c1-3-23-11-7-9-18(23)14-22(13-17-8-5-6-10-21-17)15-19-12-20-16-24(19)4-2/h5-6,8,10,12,16,18H,3-4,7,9,11,13-15H2,1-2H3/t18-/m0/s1. The smallest absolute Gasteiger partial charge is 0.0948 e. The fourth-order valence-corrected chi connectivity index (χ4v) is 3.72. The number of nitrogens with zero attached hydrogens (tertiary/aromatic N) is 5. The molecule has 0 saturated carbocycles. The Hall–Kier alpha value is -1.72. The van der Waals surface area contributed by atoms with E-state index in [1.807, 2.05) is 24.8 Å². The third-order valence-electron chi connectivity index (χ3n) is 5.01. The topological polar surface area (TPSA) is 37.2 Å². The highest BCUT2D eigenvalue weighted by Crippen LogP contribution is 2.19. The van der Waals surface area contributed by atoms with Gasteiger partial charge in [0, 0.05) is 44.6 Å².